The van der Waals surface area contributed by atoms with Gasteiger partial charge in [-0.2, -0.15) is 0 Å². The molecule has 2 heterocycles. The minimum Gasteiger partial charge on any atom is -0.384 e. The van der Waals surface area contributed by atoms with Crippen LogP contribution < -0.4 is 10.6 Å². The van der Waals surface area contributed by atoms with Crippen molar-refractivity contribution < 1.29 is 9.66 Å². The van der Waals surface area contributed by atoms with Crippen molar-refractivity contribution in [3.63, 3.8) is 0 Å². The monoisotopic (exact) mass is 319 g/mol. The summed E-state index contributed by atoms with van der Waals surface area (Å²) in [6, 6.07) is 4.62. The number of benzene rings is 1. The molecule has 0 amide bonds. The first-order valence-corrected chi connectivity index (χ1v) is 7.70. The van der Waals surface area contributed by atoms with Gasteiger partial charge in [0.25, 0.3) is 5.69 Å². The van der Waals surface area contributed by atoms with E-state index in [1.54, 1.807) is 13.2 Å². The summed E-state index contributed by atoms with van der Waals surface area (Å²) in [5.41, 5.74) is 1.52. The predicted octanol–water partition coefficient (Wildman–Crippen LogP) is 1.90. The Kier molecular flexibility index (Phi) is 4.44. The largest absolute Gasteiger partial charge is 0.384 e. The molecule has 1 aromatic heterocycles. The van der Waals surface area contributed by atoms with Gasteiger partial charge in [0.05, 0.1) is 22.6 Å². The summed E-state index contributed by atoms with van der Waals surface area (Å²) in [6.45, 7) is 3.42. The fourth-order valence-corrected chi connectivity index (χ4v) is 3.10. The van der Waals surface area contributed by atoms with E-state index in [1.807, 2.05) is 0 Å². The Morgan fingerprint density at radius 3 is 2.91 bits per heavy atom. The van der Waals surface area contributed by atoms with Gasteiger partial charge in [-0.15, -0.1) is 0 Å². The standard InChI is InChI=1S/C15H21N5O3/c1-23-10-15(4-6-16-7-5-15)9-17-14-18-12-3-2-11(20(21)22)8-13(12)19-14/h2-3,8,16H,4-7,9-10H2,1H3,(H2,17,18,19). The van der Waals surface area contributed by atoms with Gasteiger partial charge in [0.1, 0.15) is 0 Å². The average molecular weight is 319 g/mol. The number of ether oxygens (including phenoxy) is 1. The molecule has 1 saturated heterocycles. The Morgan fingerprint density at radius 2 is 2.22 bits per heavy atom. The molecule has 23 heavy (non-hydrogen) atoms. The van der Waals surface area contributed by atoms with Gasteiger partial charge in [0.2, 0.25) is 5.95 Å². The number of methoxy groups -OCH3 is 1. The summed E-state index contributed by atoms with van der Waals surface area (Å²) in [5.74, 6) is 0.634. The van der Waals surface area contributed by atoms with Crippen LogP contribution in [0.2, 0.25) is 0 Å². The van der Waals surface area contributed by atoms with Crippen LogP contribution in [0.4, 0.5) is 11.6 Å². The summed E-state index contributed by atoms with van der Waals surface area (Å²) in [7, 11) is 1.73. The number of aromatic nitrogens is 2. The molecule has 8 heteroatoms. The zero-order chi connectivity index (χ0) is 16.3. The summed E-state index contributed by atoms with van der Waals surface area (Å²) in [6.07, 6.45) is 2.08. The van der Waals surface area contributed by atoms with E-state index in [2.05, 4.69) is 20.6 Å². The quantitative estimate of drug-likeness (QED) is 0.555. The Balaban J connectivity index is 1.74. The number of anilines is 1. The number of hydrogen-bond donors (Lipinski definition) is 3. The Morgan fingerprint density at radius 1 is 1.43 bits per heavy atom. The van der Waals surface area contributed by atoms with E-state index in [-0.39, 0.29) is 11.1 Å². The normalized spacial score (nSPS) is 17.3. The molecule has 1 aromatic carbocycles. The zero-order valence-electron chi connectivity index (χ0n) is 13.1. The van der Waals surface area contributed by atoms with Crippen molar-refractivity contribution in [1.29, 1.82) is 0 Å². The van der Waals surface area contributed by atoms with Crippen LogP contribution in [-0.4, -0.2) is 48.2 Å². The van der Waals surface area contributed by atoms with Crippen molar-refractivity contribution in [3.05, 3.63) is 28.3 Å². The molecule has 124 valence electrons. The van der Waals surface area contributed by atoms with Crippen molar-refractivity contribution in [1.82, 2.24) is 15.3 Å². The molecule has 1 aliphatic heterocycles. The zero-order valence-corrected chi connectivity index (χ0v) is 13.1. The van der Waals surface area contributed by atoms with E-state index >= 15 is 0 Å². The molecule has 0 unspecified atom stereocenters. The second kappa shape index (κ2) is 6.51. The molecule has 3 N–H and O–H groups in total. The second-order valence-corrected chi connectivity index (χ2v) is 6.08. The first-order chi connectivity index (χ1) is 11.1. The molecule has 0 saturated carbocycles. The summed E-state index contributed by atoms with van der Waals surface area (Å²) in [4.78, 5) is 18.0. The molecular weight excluding hydrogens is 298 g/mol. The second-order valence-electron chi connectivity index (χ2n) is 6.08. The van der Waals surface area contributed by atoms with Gasteiger partial charge in [-0.1, -0.05) is 0 Å². The number of imidazole rings is 1. The van der Waals surface area contributed by atoms with E-state index in [0.29, 0.717) is 23.6 Å². The Hall–Kier alpha value is -2.19. The van der Waals surface area contributed by atoms with Crippen LogP contribution in [0, 0.1) is 15.5 Å². The molecule has 1 aliphatic rings. The van der Waals surface area contributed by atoms with Gasteiger partial charge < -0.3 is 20.4 Å². The first-order valence-electron chi connectivity index (χ1n) is 7.70. The third-order valence-corrected chi connectivity index (χ3v) is 4.42. The fourth-order valence-electron chi connectivity index (χ4n) is 3.10. The summed E-state index contributed by atoms with van der Waals surface area (Å²) < 4.78 is 5.40. The molecule has 3 rings (SSSR count). The van der Waals surface area contributed by atoms with Crippen molar-refractivity contribution >= 4 is 22.7 Å². The number of fused-ring (bicyclic) bond motifs is 1. The van der Waals surface area contributed by atoms with Gasteiger partial charge >= 0.3 is 0 Å². The predicted molar refractivity (Wildman–Crippen MR) is 87.7 cm³/mol. The number of non-ortho nitro benzene ring substituents is 1. The average Bonchev–Trinajstić information content (AvgIpc) is 2.96. The van der Waals surface area contributed by atoms with Crippen molar-refractivity contribution in [3.8, 4) is 0 Å². The van der Waals surface area contributed by atoms with Crippen LogP contribution in [0.1, 0.15) is 12.8 Å². The maximum atomic E-state index is 10.8. The van der Waals surface area contributed by atoms with Crippen LogP contribution in [0.5, 0.6) is 0 Å². The number of nitrogens with one attached hydrogen (secondary N) is 3. The van der Waals surface area contributed by atoms with Crippen LogP contribution in [0.15, 0.2) is 18.2 Å². The fraction of sp³-hybridized carbons (Fsp3) is 0.533. The SMILES string of the molecule is COCC1(CNc2nc3ccc([N+](=O)[O-])cc3[nH]2)CCNCC1. The van der Waals surface area contributed by atoms with Crippen molar-refractivity contribution in [2.75, 3.05) is 38.7 Å². The molecule has 0 radical (unpaired) electrons. The third kappa shape index (κ3) is 3.43. The lowest BCUT2D eigenvalue weighted by Crippen LogP contribution is -2.44. The maximum Gasteiger partial charge on any atom is 0.271 e. The minimum absolute atomic E-state index is 0.0573. The van der Waals surface area contributed by atoms with Gasteiger partial charge in [0.15, 0.2) is 0 Å². The topological polar surface area (TPSA) is 105 Å². The molecule has 0 atom stereocenters. The molecule has 2 aromatic rings. The van der Waals surface area contributed by atoms with Crippen LogP contribution >= 0.6 is 0 Å². The number of rotatable bonds is 6. The summed E-state index contributed by atoms with van der Waals surface area (Å²) in [5, 5.41) is 17.5. The molecule has 0 aliphatic carbocycles. The lowest BCUT2D eigenvalue weighted by molar-refractivity contribution is -0.384. The third-order valence-electron chi connectivity index (χ3n) is 4.42. The first kappa shape index (κ1) is 15.7. The highest BCUT2D eigenvalue weighted by molar-refractivity contribution is 5.79. The Labute approximate surface area is 133 Å². The maximum absolute atomic E-state index is 10.8. The van der Waals surface area contributed by atoms with Gasteiger partial charge in [0, 0.05) is 31.2 Å². The van der Waals surface area contributed by atoms with E-state index in [0.717, 1.165) is 32.5 Å². The van der Waals surface area contributed by atoms with Crippen LogP contribution in [0.3, 0.4) is 0 Å². The smallest absolute Gasteiger partial charge is 0.271 e. The van der Waals surface area contributed by atoms with Gasteiger partial charge in [-0.3, -0.25) is 10.1 Å². The lowest BCUT2D eigenvalue weighted by atomic mass is 9.79. The lowest BCUT2D eigenvalue weighted by Gasteiger charge is -2.37. The van der Waals surface area contributed by atoms with Crippen molar-refractivity contribution in [2.24, 2.45) is 5.41 Å². The Bertz CT molecular complexity index is 688. The van der Waals surface area contributed by atoms with Crippen LogP contribution in [0.25, 0.3) is 11.0 Å². The van der Waals surface area contributed by atoms with E-state index in [9.17, 15) is 10.1 Å². The molecule has 8 nitrogen and oxygen atoms in total. The highest BCUT2D eigenvalue weighted by Gasteiger charge is 2.32. The number of aromatic amines is 1. The molecule has 0 spiro atoms. The number of nitrogens with zero attached hydrogens (tertiary/aromatic N) is 2. The number of piperidine rings is 1. The highest BCUT2D eigenvalue weighted by Crippen LogP contribution is 2.29. The number of nitro groups is 1. The van der Waals surface area contributed by atoms with Gasteiger partial charge in [-0.25, -0.2) is 4.98 Å². The number of H-pyrrole nitrogens is 1. The van der Waals surface area contributed by atoms with Crippen LogP contribution in [-0.2, 0) is 4.74 Å². The molecule has 0 bridgehead atoms. The number of hydrogen-bond acceptors (Lipinski definition) is 6. The van der Waals surface area contributed by atoms with E-state index in [1.165, 1.54) is 12.1 Å². The van der Waals surface area contributed by atoms with Crippen molar-refractivity contribution in [2.45, 2.75) is 12.8 Å². The molecular formula is C15H21N5O3. The van der Waals surface area contributed by atoms with Gasteiger partial charge in [-0.05, 0) is 32.0 Å². The molecule has 1 fully saturated rings. The highest BCUT2D eigenvalue weighted by atomic mass is 16.6. The summed E-state index contributed by atoms with van der Waals surface area (Å²) >= 11 is 0. The van der Waals surface area contributed by atoms with E-state index < -0.39 is 4.92 Å². The number of nitro benzene ring substituents is 1. The minimum atomic E-state index is -0.407. The van der Waals surface area contributed by atoms with E-state index in [4.69, 9.17) is 4.74 Å².